The van der Waals surface area contributed by atoms with Crippen molar-refractivity contribution in [2.75, 3.05) is 14.2 Å². The van der Waals surface area contributed by atoms with E-state index in [2.05, 4.69) is 6.92 Å². The van der Waals surface area contributed by atoms with Gasteiger partial charge in [0.25, 0.3) is 0 Å². The normalized spacial score (nSPS) is 14.3. The van der Waals surface area contributed by atoms with Crippen LogP contribution in [0.25, 0.3) is 0 Å². The molecule has 0 heterocycles. The molecule has 0 fully saturated rings. The molecule has 0 aliphatic heterocycles. The molecule has 2 aromatic rings. The van der Waals surface area contributed by atoms with Crippen LogP contribution in [-0.4, -0.2) is 36.1 Å². The molecular formula is C23H31NO3. The summed E-state index contributed by atoms with van der Waals surface area (Å²) in [7, 11) is 3.43. The van der Waals surface area contributed by atoms with E-state index in [1.165, 1.54) is 0 Å². The fourth-order valence-corrected chi connectivity index (χ4v) is 3.37. The first-order valence-electron chi connectivity index (χ1n) is 9.60. The number of methoxy groups -OCH3 is 1. The lowest BCUT2D eigenvalue weighted by molar-refractivity contribution is -0.138. The number of carbonyl (C=O) groups is 1. The average Bonchev–Trinajstić information content (AvgIpc) is 2.72. The molecule has 0 aliphatic rings. The summed E-state index contributed by atoms with van der Waals surface area (Å²) in [5, 5.41) is 10.7. The van der Waals surface area contributed by atoms with Crippen LogP contribution in [0.1, 0.15) is 43.9 Å². The minimum atomic E-state index is -0.709. The lowest BCUT2D eigenvalue weighted by Gasteiger charge is -2.32. The quantitative estimate of drug-likeness (QED) is 0.719. The van der Waals surface area contributed by atoms with Crippen LogP contribution < -0.4 is 4.74 Å². The molecule has 0 spiro atoms. The Hall–Kier alpha value is -2.33. The number of amides is 1. The summed E-state index contributed by atoms with van der Waals surface area (Å²) < 4.78 is 5.29. The van der Waals surface area contributed by atoms with Crippen LogP contribution in [-0.2, 0) is 11.2 Å². The zero-order valence-corrected chi connectivity index (χ0v) is 16.8. The summed E-state index contributed by atoms with van der Waals surface area (Å²) in [6.45, 7) is 3.98. The zero-order chi connectivity index (χ0) is 19.8. The molecule has 0 aromatic heterocycles. The van der Waals surface area contributed by atoms with Crippen LogP contribution in [0, 0.1) is 5.92 Å². The van der Waals surface area contributed by atoms with Gasteiger partial charge in [-0.1, -0.05) is 55.8 Å². The Balaban J connectivity index is 2.12. The summed E-state index contributed by atoms with van der Waals surface area (Å²) in [5.74, 6) is 0.760. The molecule has 0 radical (unpaired) electrons. The molecule has 3 atom stereocenters. The van der Waals surface area contributed by atoms with Gasteiger partial charge < -0.3 is 14.7 Å². The standard InChI is InChI=1S/C23H31NO3/c1-5-10-20(15-18-11-9-14-21(16-18)27-4)23(26)24(3)17(2)22(25)19-12-7-6-8-13-19/h6-9,11-14,16-17,20,22,25H,5,10,15H2,1-4H3/t17-,20+,22+/m0/s1. The lowest BCUT2D eigenvalue weighted by Crippen LogP contribution is -2.42. The van der Waals surface area contributed by atoms with Gasteiger partial charge in [-0.3, -0.25) is 4.79 Å². The molecule has 0 bridgehead atoms. The molecule has 0 saturated heterocycles. The van der Waals surface area contributed by atoms with Crippen molar-refractivity contribution in [2.45, 2.75) is 45.3 Å². The Morgan fingerprint density at radius 3 is 2.48 bits per heavy atom. The van der Waals surface area contributed by atoms with E-state index < -0.39 is 6.10 Å². The monoisotopic (exact) mass is 369 g/mol. The van der Waals surface area contributed by atoms with Crippen molar-refractivity contribution in [3.8, 4) is 5.75 Å². The average molecular weight is 370 g/mol. The Morgan fingerprint density at radius 2 is 1.85 bits per heavy atom. The van der Waals surface area contributed by atoms with Gasteiger partial charge in [0.15, 0.2) is 0 Å². The van der Waals surface area contributed by atoms with E-state index in [4.69, 9.17) is 4.74 Å². The number of aliphatic hydroxyl groups is 1. The molecule has 4 nitrogen and oxygen atoms in total. The minimum Gasteiger partial charge on any atom is -0.497 e. The highest BCUT2D eigenvalue weighted by molar-refractivity contribution is 5.79. The Morgan fingerprint density at radius 1 is 1.15 bits per heavy atom. The summed E-state index contributed by atoms with van der Waals surface area (Å²) in [6.07, 6.45) is 1.71. The fourth-order valence-electron chi connectivity index (χ4n) is 3.37. The lowest BCUT2D eigenvalue weighted by atomic mass is 9.92. The maximum Gasteiger partial charge on any atom is 0.226 e. The highest BCUT2D eigenvalue weighted by Gasteiger charge is 2.28. The topological polar surface area (TPSA) is 49.8 Å². The van der Waals surface area contributed by atoms with E-state index >= 15 is 0 Å². The third kappa shape index (κ3) is 5.57. The van der Waals surface area contributed by atoms with E-state index in [1.54, 1.807) is 19.1 Å². The highest BCUT2D eigenvalue weighted by Crippen LogP contribution is 2.24. The van der Waals surface area contributed by atoms with Crippen LogP contribution >= 0.6 is 0 Å². The third-order valence-electron chi connectivity index (χ3n) is 5.16. The number of benzene rings is 2. The summed E-state index contributed by atoms with van der Waals surface area (Å²) in [6, 6.07) is 17.1. The first kappa shape index (κ1) is 21.0. The second-order valence-electron chi connectivity index (χ2n) is 7.09. The number of aliphatic hydroxyl groups excluding tert-OH is 1. The molecule has 0 aliphatic carbocycles. The summed E-state index contributed by atoms with van der Waals surface area (Å²) >= 11 is 0. The molecular weight excluding hydrogens is 338 g/mol. The molecule has 27 heavy (non-hydrogen) atoms. The van der Waals surface area contributed by atoms with Gasteiger partial charge in [-0.2, -0.15) is 0 Å². The predicted molar refractivity (Wildman–Crippen MR) is 109 cm³/mol. The van der Waals surface area contributed by atoms with Crippen LogP contribution in [0.3, 0.4) is 0 Å². The molecule has 1 amide bonds. The minimum absolute atomic E-state index is 0.0714. The maximum absolute atomic E-state index is 13.2. The van der Waals surface area contributed by atoms with Gasteiger partial charge in [0, 0.05) is 13.0 Å². The Kier molecular flexibility index (Phi) is 7.86. The van der Waals surface area contributed by atoms with Gasteiger partial charge in [0.2, 0.25) is 5.91 Å². The van der Waals surface area contributed by atoms with Crippen LogP contribution in [0.4, 0.5) is 0 Å². The van der Waals surface area contributed by atoms with Crippen molar-refractivity contribution < 1.29 is 14.6 Å². The zero-order valence-electron chi connectivity index (χ0n) is 16.8. The number of likely N-dealkylation sites (N-methyl/N-ethyl adjacent to an activating group) is 1. The Bertz CT molecular complexity index is 717. The van der Waals surface area contributed by atoms with Crippen molar-refractivity contribution in [3.05, 3.63) is 65.7 Å². The number of nitrogens with zero attached hydrogens (tertiary/aromatic N) is 1. The first-order chi connectivity index (χ1) is 13.0. The van der Waals surface area contributed by atoms with Crippen molar-refractivity contribution in [1.29, 1.82) is 0 Å². The third-order valence-corrected chi connectivity index (χ3v) is 5.16. The SMILES string of the molecule is CCC[C@H](Cc1cccc(OC)c1)C(=O)N(C)[C@@H](C)[C@@H](O)c1ccccc1. The van der Waals surface area contributed by atoms with E-state index in [1.807, 2.05) is 61.5 Å². The van der Waals surface area contributed by atoms with Gasteiger partial charge in [0.05, 0.1) is 19.3 Å². The number of hydrogen-bond donors (Lipinski definition) is 1. The van der Waals surface area contributed by atoms with Crippen LogP contribution in [0.15, 0.2) is 54.6 Å². The molecule has 4 heteroatoms. The largest absolute Gasteiger partial charge is 0.497 e. The van der Waals surface area contributed by atoms with Crippen molar-refractivity contribution in [2.24, 2.45) is 5.92 Å². The molecule has 2 rings (SSSR count). The van der Waals surface area contributed by atoms with E-state index in [0.29, 0.717) is 6.42 Å². The molecule has 1 N–H and O–H groups in total. The van der Waals surface area contributed by atoms with E-state index in [0.717, 1.165) is 29.7 Å². The van der Waals surface area contributed by atoms with Gasteiger partial charge in [0.1, 0.15) is 5.75 Å². The Labute approximate surface area is 162 Å². The number of ether oxygens (including phenoxy) is 1. The van der Waals surface area contributed by atoms with Gasteiger partial charge in [-0.15, -0.1) is 0 Å². The second kappa shape index (κ2) is 10.1. The smallest absolute Gasteiger partial charge is 0.226 e. The van der Waals surface area contributed by atoms with Gasteiger partial charge in [-0.25, -0.2) is 0 Å². The summed E-state index contributed by atoms with van der Waals surface area (Å²) in [5.41, 5.74) is 1.91. The molecule has 0 saturated carbocycles. The fraction of sp³-hybridized carbons (Fsp3) is 0.435. The van der Waals surface area contributed by atoms with Gasteiger partial charge >= 0.3 is 0 Å². The predicted octanol–water partition coefficient (Wildman–Crippen LogP) is 4.23. The maximum atomic E-state index is 13.2. The van der Waals surface area contributed by atoms with Crippen molar-refractivity contribution >= 4 is 5.91 Å². The van der Waals surface area contributed by atoms with Gasteiger partial charge in [-0.05, 0) is 43.0 Å². The van der Waals surface area contributed by atoms with E-state index in [-0.39, 0.29) is 17.9 Å². The molecule has 0 unspecified atom stereocenters. The highest BCUT2D eigenvalue weighted by atomic mass is 16.5. The summed E-state index contributed by atoms with van der Waals surface area (Å²) in [4.78, 5) is 14.8. The number of rotatable bonds is 9. The second-order valence-corrected chi connectivity index (χ2v) is 7.09. The van der Waals surface area contributed by atoms with Crippen LogP contribution in [0.2, 0.25) is 0 Å². The molecule has 2 aromatic carbocycles. The first-order valence-corrected chi connectivity index (χ1v) is 9.60. The van der Waals surface area contributed by atoms with Crippen molar-refractivity contribution in [1.82, 2.24) is 4.90 Å². The number of hydrogen-bond acceptors (Lipinski definition) is 3. The number of carbonyl (C=O) groups excluding carboxylic acids is 1. The van der Waals surface area contributed by atoms with Crippen LogP contribution in [0.5, 0.6) is 5.75 Å². The van der Waals surface area contributed by atoms with Crippen molar-refractivity contribution in [3.63, 3.8) is 0 Å². The molecule has 146 valence electrons. The van der Waals surface area contributed by atoms with E-state index in [9.17, 15) is 9.90 Å².